The molecule has 3 amide bonds. The summed E-state index contributed by atoms with van der Waals surface area (Å²) in [6.07, 6.45) is 4.98. The maximum atomic E-state index is 13.6. The minimum Gasteiger partial charge on any atom is -0.493 e. The number of amides is 3. The fraction of sp³-hybridized carbons (Fsp3) is 0.321. The lowest BCUT2D eigenvalue weighted by Crippen LogP contribution is -2.45. The molecule has 0 spiro atoms. The van der Waals surface area contributed by atoms with Crippen LogP contribution in [0.1, 0.15) is 33.6 Å². The van der Waals surface area contributed by atoms with Gasteiger partial charge in [-0.15, -0.1) is 13.2 Å². The first-order chi connectivity index (χ1) is 17.4. The molecule has 0 N–H and O–H groups in total. The van der Waals surface area contributed by atoms with Crippen LogP contribution in [0.2, 0.25) is 0 Å². The van der Waals surface area contributed by atoms with Gasteiger partial charge in [-0.3, -0.25) is 14.4 Å². The SMILES string of the molecule is C=CCN(CC=C)C(=O)C1CCCN(c2cccc3c2C(=O)N(c2ccc(OC)c(OC)c2)C3=O)C1. The van der Waals surface area contributed by atoms with Crippen molar-refractivity contribution in [3.8, 4) is 11.5 Å². The van der Waals surface area contributed by atoms with Crippen LogP contribution in [0.5, 0.6) is 11.5 Å². The van der Waals surface area contributed by atoms with Crippen molar-refractivity contribution >= 4 is 29.1 Å². The van der Waals surface area contributed by atoms with Gasteiger partial charge in [0.15, 0.2) is 11.5 Å². The van der Waals surface area contributed by atoms with Crippen LogP contribution in [0, 0.1) is 5.92 Å². The summed E-state index contributed by atoms with van der Waals surface area (Å²) in [6.45, 7) is 9.58. The number of imide groups is 1. The second-order valence-electron chi connectivity index (χ2n) is 8.79. The van der Waals surface area contributed by atoms with E-state index in [1.165, 1.54) is 19.1 Å². The third-order valence-corrected chi connectivity index (χ3v) is 6.64. The number of benzene rings is 2. The molecule has 36 heavy (non-hydrogen) atoms. The van der Waals surface area contributed by atoms with Crippen LogP contribution in [-0.4, -0.2) is 63.0 Å². The minimum absolute atomic E-state index is 0.0430. The monoisotopic (exact) mass is 489 g/mol. The first-order valence-corrected chi connectivity index (χ1v) is 11.9. The first-order valence-electron chi connectivity index (χ1n) is 11.9. The molecule has 2 aromatic rings. The zero-order valence-electron chi connectivity index (χ0n) is 20.7. The van der Waals surface area contributed by atoms with E-state index in [0.717, 1.165) is 12.8 Å². The highest BCUT2D eigenvalue weighted by Crippen LogP contribution is 2.39. The molecule has 2 aliphatic heterocycles. The van der Waals surface area contributed by atoms with Crippen molar-refractivity contribution in [2.45, 2.75) is 12.8 Å². The molecule has 0 aromatic heterocycles. The number of anilines is 2. The van der Waals surface area contributed by atoms with Crippen molar-refractivity contribution in [1.82, 2.24) is 4.90 Å². The summed E-state index contributed by atoms with van der Waals surface area (Å²) in [6, 6.07) is 10.2. The lowest BCUT2D eigenvalue weighted by Gasteiger charge is -2.36. The highest BCUT2D eigenvalue weighted by molar-refractivity contribution is 6.36. The van der Waals surface area contributed by atoms with E-state index in [1.54, 1.807) is 47.4 Å². The highest BCUT2D eigenvalue weighted by atomic mass is 16.5. The zero-order valence-corrected chi connectivity index (χ0v) is 20.7. The molecule has 0 radical (unpaired) electrons. The molecule has 4 rings (SSSR count). The van der Waals surface area contributed by atoms with Crippen LogP contribution in [0.4, 0.5) is 11.4 Å². The second-order valence-corrected chi connectivity index (χ2v) is 8.79. The lowest BCUT2D eigenvalue weighted by atomic mass is 9.94. The molecular formula is C28H31N3O5. The van der Waals surface area contributed by atoms with Gasteiger partial charge in [-0.2, -0.15) is 0 Å². The van der Waals surface area contributed by atoms with Crippen LogP contribution in [-0.2, 0) is 4.79 Å². The number of carbonyl (C=O) groups is 3. The standard InChI is InChI=1S/C28H31N3O5/c1-5-14-29(15-6-2)26(32)19-9-8-16-30(18-19)22-11-7-10-21-25(22)28(34)31(27(21)33)20-12-13-23(35-3)24(17-20)36-4/h5-7,10-13,17,19H,1-2,8-9,14-16,18H2,3-4H3. The Bertz CT molecular complexity index is 1200. The van der Waals surface area contributed by atoms with Gasteiger partial charge in [-0.05, 0) is 37.1 Å². The third kappa shape index (κ3) is 4.46. The molecule has 2 aliphatic rings. The van der Waals surface area contributed by atoms with E-state index in [-0.39, 0.29) is 11.8 Å². The first kappa shape index (κ1) is 25.0. The summed E-state index contributed by atoms with van der Waals surface area (Å²) in [4.78, 5) is 45.1. The normalized spacial score (nSPS) is 17.0. The maximum Gasteiger partial charge on any atom is 0.268 e. The molecule has 188 valence electrons. The van der Waals surface area contributed by atoms with E-state index >= 15 is 0 Å². The number of methoxy groups -OCH3 is 2. The predicted octanol–water partition coefficient (Wildman–Crippen LogP) is 3.92. The van der Waals surface area contributed by atoms with Gasteiger partial charge in [-0.25, -0.2) is 4.90 Å². The topological polar surface area (TPSA) is 79.4 Å². The van der Waals surface area contributed by atoms with Crippen molar-refractivity contribution in [3.63, 3.8) is 0 Å². The quantitative estimate of drug-likeness (QED) is 0.392. The highest BCUT2D eigenvalue weighted by Gasteiger charge is 2.40. The molecule has 8 nitrogen and oxygen atoms in total. The Kier molecular flexibility index (Phi) is 7.43. The fourth-order valence-corrected chi connectivity index (χ4v) is 4.95. The van der Waals surface area contributed by atoms with E-state index in [9.17, 15) is 14.4 Å². The predicted molar refractivity (Wildman–Crippen MR) is 139 cm³/mol. The van der Waals surface area contributed by atoms with Gasteiger partial charge in [0.05, 0.1) is 42.6 Å². The molecule has 1 saturated heterocycles. The lowest BCUT2D eigenvalue weighted by molar-refractivity contribution is -0.134. The minimum atomic E-state index is -0.397. The second kappa shape index (κ2) is 10.7. The number of hydrogen-bond acceptors (Lipinski definition) is 6. The van der Waals surface area contributed by atoms with Gasteiger partial charge in [0.25, 0.3) is 11.8 Å². The van der Waals surface area contributed by atoms with Crippen LogP contribution in [0.3, 0.4) is 0 Å². The van der Waals surface area contributed by atoms with E-state index in [0.29, 0.717) is 60.2 Å². The van der Waals surface area contributed by atoms with Gasteiger partial charge in [0.1, 0.15) is 0 Å². The smallest absolute Gasteiger partial charge is 0.268 e. The average Bonchev–Trinajstić information content (AvgIpc) is 3.17. The zero-order chi connectivity index (χ0) is 25.8. The maximum absolute atomic E-state index is 13.6. The van der Waals surface area contributed by atoms with E-state index in [4.69, 9.17) is 9.47 Å². The summed E-state index contributed by atoms with van der Waals surface area (Å²) >= 11 is 0. The number of ether oxygens (including phenoxy) is 2. The molecule has 8 heteroatoms. The molecule has 2 heterocycles. The molecule has 1 fully saturated rings. The number of rotatable bonds is 9. The Morgan fingerprint density at radius 3 is 2.44 bits per heavy atom. The fourth-order valence-electron chi connectivity index (χ4n) is 4.95. The van der Waals surface area contributed by atoms with Gasteiger partial charge in [0.2, 0.25) is 5.91 Å². The van der Waals surface area contributed by atoms with Gasteiger partial charge < -0.3 is 19.3 Å². The molecule has 1 atom stereocenters. The largest absolute Gasteiger partial charge is 0.493 e. The summed E-state index contributed by atoms with van der Waals surface area (Å²) in [5.74, 6) is -0.0366. The number of piperidine rings is 1. The third-order valence-electron chi connectivity index (χ3n) is 6.64. The molecule has 0 saturated carbocycles. The Hall–Kier alpha value is -4.07. The Morgan fingerprint density at radius 2 is 1.78 bits per heavy atom. The average molecular weight is 490 g/mol. The van der Waals surface area contributed by atoms with Crippen LogP contribution in [0.25, 0.3) is 0 Å². The van der Waals surface area contributed by atoms with Gasteiger partial charge >= 0.3 is 0 Å². The van der Waals surface area contributed by atoms with Gasteiger partial charge in [-0.1, -0.05) is 18.2 Å². The van der Waals surface area contributed by atoms with Gasteiger partial charge in [0, 0.05) is 32.2 Å². The molecular weight excluding hydrogens is 458 g/mol. The Balaban J connectivity index is 1.64. The van der Waals surface area contributed by atoms with Crippen molar-refractivity contribution in [1.29, 1.82) is 0 Å². The summed E-state index contributed by atoms with van der Waals surface area (Å²) < 4.78 is 10.6. The van der Waals surface area contributed by atoms with Crippen molar-refractivity contribution in [2.75, 3.05) is 50.2 Å². The number of nitrogens with zero attached hydrogens (tertiary/aromatic N) is 3. The molecule has 2 aromatic carbocycles. The van der Waals surface area contributed by atoms with E-state index in [1.807, 2.05) is 11.0 Å². The van der Waals surface area contributed by atoms with E-state index in [2.05, 4.69) is 13.2 Å². The molecule has 1 unspecified atom stereocenters. The molecule has 0 bridgehead atoms. The summed E-state index contributed by atoms with van der Waals surface area (Å²) in [7, 11) is 3.03. The van der Waals surface area contributed by atoms with E-state index < -0.39 is 11.8 Å². The number of hydrogen-bond donors (Lipinski definition) is 0. The summed E-state index contributed by atoms with van der Waals surface area (Å²) in [5.41, 5.74) is 1.78. The van der Waals surface area contributed by atoms with Crippen LogP contribution >= 0.6 is 0 Å². The van der Waals surface area contributed by atoms with Crippen molar-refractivity contribution in [3.05, 3.63) is 72.8 Å². The van der Waals surface area contributed by atoms with Crippen molar-refractivity contribution < 1.29 is 23.9 Å². The molecule has 0 aliphatic carbocycles. The Labute approximate surface area is 211 Å². The van der Waals surface area contributed by atoms with Crippen LogP contribution < -0.4 is 19.3 Å². The number of fused-ring (bicyclic) bond motifs is 1. The van der Waals surface area contributed by atoms with Crippen LogP contribution in [0.15, 0.2) is 61.7 Å². The Morgan fingerprint density at radius 1 is 1.06 bits per heavy atom. The van der Waals surface area contributed by atoms with Crippen molar-refractivity contribution in [2.24, 2.45) is 5.92 Å². The summed E-state index contributed by atoms with van der Waals surface area (Å²) in [5, 5.41) is 0. The number of carbonyl (C=O) groups excluding carboxylic acids is 3.